The minimum absolute atomic E-state index is 0.0749. The molecule has 1 aliphatic heterocycles. The Balaban J connectivity index is 1.93. The van der Waals surface area contributed by atoms with Crippen molar-refractivity contribution in [1.82, 2.24) is 10.2 Å². The number of nitrogens with one attached hydrogen (secondary N) is 1. The lowest BCUT2D eigenvalue weighted by atomic mass is 10.0. The Morgan fingerprint density at radius 2 is 2.10 bits per heavy atom. The molecule has 1 heterocycles. The van der Waals surface area contributed by atoms with E-state index in [2.05, 4.69) is 12.2 Å². The van der Waals surface area contributed by atoms with Crippen LogP contribution in [0.15, 0.2) is 24.3 Å². The zero-order valence-electron chi connectivity index (χ0n) is 11.3. The smallest absolute Gasteiger partial charge is 0.247 e. The van der Waals surface area contributed by atoms with Crippen molar-refractivity contribution < 1.29 is 9.59 Å². The number of piperazine rings is 1. The molecule has 106 valence electrons. The highest BCUT2D eigenvalue weighted by Gasteiger charge is 2.45. The van der Waals surface area contributed by atoms with Crippen LogP contribution in [0.1, 0.15) is 24.9 Å². The molecule has 2 amide bonds. The van der Waals surface area contributed by atoms with Crippen LogP contribution in [0, 0.1) is 11.8 Å². The van der Waals surface area contributed by atoms with Crippen molar-refractivity contribution in [1.29, 1.82) is 0 Å². The first-order chi connectivity index (χ1) is 9.59. The molecule has 2 fully saturated rings. The van der Waals surface area contributed by atoms with Crippen LogP contribution < -0.4 is 5.32 Å². The molecule has 3 atom stereocenters. The summed E-state index contributed by atoms with van der Waals surface area (Å²) < 4.78 is 0. The first-order valence-electron chi connectivity index (χ1n) is 6.92. The molecule has 1 aromatic rings. The summed E-state index contributed by atoms with van der Waals surface area (Å²) in [5, 5.41) is 3.35. The highest BCUT2D eigenvalue weighted by atomic mass is 35.5. The molecule has 1 N–H and O–H groups in total. The fourth-order valence-corrected chi connectivity index (χ4v) is 3.03. The number of hydrogen-bond acceptors (Lipinski definition) is 2. The second-order valence-corrected chi connectivity index (χ2v) is 5.97. The van der Waals surface area contributed by atoms with Gasteiger partial charge in [-0.1, -0.05) is 36.7 Å². The van der Waals surface area contributed by atoms with Crippen molar-refractivity contribution in [3.63, 3.8) is 0 Å². The summed E-state index contributed by atoms with van der Waals surface area (Å²) in [6.07, 6.45) is 0.923. The van der Waals surface area contributed by atoms with Gasteiger partial charge in [0, 0.05) is 29.6 Å². The van der Waals surface area contributed by atoms with Crippen LogP contribution in [0.25, 0.3) is 0 Å². The Kier molecular flexibility index (Phi) is 3.42. The predicted octanol–water partition coefficient (Wildman–Crippen LogP) is 2.00. The molecular weight excluding hydrogens is 276 g/mol. The first kappa shape index (κ1) is 13.4. The summed E-state index contributed by atoms with van der Waals surface area (Å²) in [7, 11) is 0. The van der Waals surface area contributed by atoms with E-state index in [9.17, 15) is 9.59 Å². The lowest BCUT2D eigenvalue weighted by Crippen LogP contribution is -2.52. The molecule has 20 heavy (non-hydrogen) atoms. The predicted molar refractivity (Wildman–Crippen MR) is 76.2 cm³/mol. The van der Waals surface area contributed by atoms with Gasteiger partial charge < -0.3 is 10.2 Å². The van der Waals surface area contributed by atoms with E-state index in [1.807, 2.05) is 18.2 Å². The SMILES string of the molecule is CC1CC1C(=O)N1CCNC(=O)C1c1ccccc1Cl. The van der Waals surface area contributed by atoms with Crippen molar-refractivity contribution in [3.05, 3.63) is 34.9 Å². The van der Waals surface area contributed by atoms with Crippen molar-refractivity contribution in [2.45, 2.75) is 19.4 Å². The zero-order chi connectivity index (χ0) is 14.3. The van der Waals surface area contributed by atoms with Crippen molar-refractivity contribution in [3.8, 4) is 0 Å². The Morgan fingerprint density at radius 1 is 1.40 bits per heavy atom. The van der Waals surface area contributed by atoms with Crippen LogP contribution in [-0.4, -0.2) is 29.8 Å². The number of amides is 2. The highest BCUT2D eigenvalue weighted by molar-refractivity contribution is 6.31. The summed E-state index contributed by atoms with van der Waals surface area (Å²) in [5.74, 6) is 0.438. The van der Waals surface area contributed by atoms with Gasteiger partial charge in [0.05, 0.1) is 0 Å². The molecule has 0 radical (unpaired) electrons. The van der Waals surface area contributed by atoms with Crippen molar-refractivity contribution >= 4 is 23.4 Å². The van der Waals surface area contributed by atoms with Gasteiger partial charge in [0.1, 0.15) is 6.04 Å². The van der Waals surface area contributed by atoms with Crippen LogP contribution >= 0.6 is 11.6 Å². The molecule has 5 heteroatoms. The quantitative estimate of drug-likeness (QED) is 0.906. The van der Waals surface area contributed by atoms with E-state index < -0.39 is 6.04 Å². The summed E-state index contributed by atoms with van der Waals surface area (Å²) in [6, 6.07) is 6.63. The zero-order valence-corrected chi connectivity index (χ0v) is 12.1. The number of halogens is 1. The van der Waals surface area contributed by atoms with E-state index in [1.54, 1.807) is 11.0 Å². The summed E-state index contributed by atoms with van der Waals surface area (Å²) in [5.41, 5.74) is 0.702. The number of rotatable bonds is 2. The molecule has 3 rings (SSSR count). The molecule has 1 saturated heterocycles. The molecule has 1 saturated carbocycles. The fourth-order valence-electron chi connectivity index (χ4n) is 2.79. The first-order valence-corrected chi connectivity index (χ1v) is 7.30. The van der Waals surface area contributed by atoms with Crippen LogP contribution in [0.3, 0.4) is 0 Å². The Morgan fingerprint density at radius 3 is 2.75 bits per heavy atom. The number of carbonyl (C=O) groups is 2. The van der Waals surface area contributed by atoms with E-state index in [0.717, 1.165) is 6.42 Å². The largest absolute Gasteiger partial charge is 0.352 e. The fraction of sp³-hybridized carbons (Fsp3) is 0.467. The van der Waals surface area contributed by atoms with Gasteiger partial charge in [-0.2, -0.15) is 0 Å². The lowest BCUT2D eigenvalue weighted by Gasteiger charge is -2.36. The summed E-state index contributed by atoms with van der Waals surface area (Å²) in [4.78, 5) is 26.4. The summed E-state index contributed by atoms with van der Waals surface area (Å²) >= 11 is 6.20. The third-order valence-corrected chi connectivity index (χ3v) is 4.47. The molecule has 2 aliphatic rings. The maximum Gasteiger partial charge on any atom is 0.247 e. The highest BCUT2D eigenvalue weighted by Crippen LogP contribution is 2.41. The van der Waals surface area contributed by atoms with Crippen molar-refractivity contribution in [2.75, 3.05) is 13.1 Å². The van der Waals surface area contributed by atoms with Crippen LogP contribution in [0.5, 0.6) is 0 Å². The molecular formula is C15H17ClN2O2. The van der Waals surface area contributed by atoms with Crippen LogP contribution in [0.4, 0.5) is 0 Å². The van der Waals surface area contributed by atoms with E-state index >= 15 is 0 Å². The maximum absolute atomic E-state index is 12.5. The lowest BCUT2D eigenvalue weighted by molar-refractivity contribution is -0.144. The molecule has 3 unspecified atom stereocenters. The van der Waals surface area contributed by atoms with Crippen LogP contribution in [0.2, 0.25) is 5.02 Å². The van der Waals surface area contributed by atoms with Gasteiger partial charge in [0.25, 0.3) is 0 Å². The Hall–Kier alpha value is -1.55. The number of hydrogen-bond donors (Lipinski definition) is 1. The molecule has 0 aromatic heterocycles. The maximum atomic E-state index is 12.5. The number of benzene rings is 1. The molecule has 0 spiro atoms. The number of carbonyl (C=O) groups excluding carboxylic acids is 2. The van der Waals surface area contributed by atoms with E-state index in [0.29, 0.717) is 29.6 Å². The average molecular weight is 293 g/mol. The normalized spacial score (nSPS) is 29.0. The van der Waals surface area contributed by atoms with E-state index in [1.165, 1.54) is 0 Å². The Labute approximate surface area is 123 Å². The number of nitrogens with zero attached hydrogens (tertiary/aromatic N) is 1. The standard InChI is InChI=1S/C15H17ClN2O2/c1-9-8-11(9)15(20)18-7-6-17-14(19)13(18)10-4-2-3-5-12(10)16/h2-5,9,11,13H,6-8H2,1H3,(H,17,19). The molecule has 0 bridgehead atoms. The van der Waals surface area contributed by atoms with Gasteiger partial charge in [-0.3, -0.25) is 9.59 Å². The minimum atomic E-state index is -0.599. The monoisotopic (exact) mass is 292 g/mol. The Bertz CT molecular complexity index is 561. The molecule has 1 aromatic carbocycles. The third-order valence-electron chi connectivity index (χ3n) is 4.12. The van der Waals surface area contributed by atoms with Crippen molar-refractivity contribution in [2.24, 2.45) is 11.8 Å². The van der Waals surface area contributed by atoms with Gasteiger partial charge in [-0.05, 0) is 18.4 Å². The summed E-state index contributed by atoms with van der Waals surface area (Å²) in [6.45, 7) is 3.12. The molecule has 4 nitrogen and oxygen atoms in total. The molecule has 1 aliphatic carbocycles. The second kappa shape index (κ2) is 5.09. The van der Waals surface area contributed by atoms with Gasteiger partial charge >= 0.3 is 0 Å². The van der Waals surface area contributed by atoms with Gasteiger partial charge in [-0.15, -0.1) is 0 Å². The van der Waals surface area contributed by atoms with Gasteiger partial charge in [-0.25, -0.2) is 0 Å². The van der Waals surface area contributed by atoms with Crippen LogP contribution in [-0.2, 0) is 9.59 Å². The van der Waals surface area contributed by atoms with Gasteiger partial charge in [0.15, 0.2) is 0 Å². The van der Waals surface area contributed by atoms with E-state index in [4.69, 9.17) is 11.6 Å². The third kappa shape index (κ3) is 2.29. The van der Waals surface area contributed by atoms with E-state index in [-0.39, 0.29) is 17.7 Å². The average Bonchev–Trinajstić information content (AvgIpc) is 3.16. The second-order valence-electron chi connectivity index (χ2n) is 5.57. The topological polar surface area (TPSA) is 49.4 Å². The minimum Gasteiger partial charge on any atom is -0.352 e. The van der Waals surface area contributed by atoms with Gasteiger partial charge in [0.2, 0.25) is 11.8 Å².